The van der Waals surface area contributed by atoms with E-state index in [1.165, 1.54) is 122 Å². The van der Waals surface area contributed by atoms with Crippen LogP contribution in [-0.4, -0.2) is 16.9 Å². The fourth-order valence-electron chi connectivity index (χ4n) is 4.82. The van der Waals surface area contributed by atoms with Crippen LogP contribution in [0.4, 0.5) is 0 Å². The van der Waals surface area contributed by atoms with E-state index in [1.807, 2.05) is 13.8 Å². The van der Waals surface area contributed by atoms with Gasteiger partial charge in [-0.15, -0.1) is 0 Å². The molecular formula is C30H59NO. The number of nitrogens with one attached hydrogen (secondary N) is 1. The van der Waals surface area contributed by atoms with Crippen molar-refractivity contribution in [3.8, 4) is 0 Å². The molecule has 2 nitrogen and oxygen atoms in total. The third-order valence-electron chi connectivity index (χ3n) is 7.28. The van der Waals surface area contributed by atoms with Gasteiger partial charge in [-0.3, -0.25) is 10.1 Å². The van der Waals surface area contributed by atoms with Gasteiger partial charge in [-0.2, -0.15) is 0 Å². The average Bonchev–Trinajstić information content (AvgIpc) is 2.77. The fraction of sp³-hybridized carbons (Fsp3) is 0.900. The number of unbranched alkanes of at least 4 members (excludes halogenated alkanes) is 17. The minimum atomic E-state index is -0.527. The lowest BCUT2D eigenvalue weighted by Crippen LogP contribution is -2.57. The molecule has 0 saturated carbocycles. The van der Waals surface area contributed by atoms with Crippen molar-refractivity contribution >= 4 is 5.78 Å². The van der Waals surface area contributed by atoms with E-state index in [0.717, 1.165) is 12.8 Å². The summed E-state index contributed by atoms with van der Waals surface area (Å²) in [6.07, 6.45) is 29.0. The zero-order valence-corrected chi connectivity index (χ0v) is 22.8. The summed E-state index contributed by atoms with van der Waals surface area (Å²) in [6.45, 7) is 14.4. The number of ketones is 1. The molecule has 0 aromatic heterocycles. The number of carbonyl (C=O) groups is 1. The lowest BCUT2D eigenvalue weighted by Gasteiger charge is -2.38. The van der Waals surface area contributed by atoms with Gasteiger partial charge in [0.05, 0.1) is 5.54 Å². The van der Waals surface area contributed by atoms with E-state index in [-0.39, 0.29) is 11.3 Å². The maximum atomic E-state index is 12.1. The van der Waals surface area contributed by atoms with Crippen LogP contribution >= 0.6 is 0 Å². The molecule has 0 amide bonds. The molecule has 0 heterocycles. The molecule has 0 rings (SSSR count). The van der Waals surface area contributed by atoms with Gasteiger partial charge in [0.1, 0.15) is 0 Å². The highest BCUT2D eigenvalue weighted by Crippen LogP contribution is 2.23. The molecule has 190 valence electrons. The summed E-state index contributed by atoms with van der Waals surface area (Å²) >= 11 is 0. The first kappa shape index (κ1) is 31.4. The lowest BCUT2D eigenvalue weighted by atomic mass is 9.86. The first-order valence-electron chi connectivity index (χ1n) is 14.3. The highest BCUT2D eigenvalue weighted by molar-refractivity contribution is 5.96. The molecule has 1 N–H and O–H groups in total. The normalized spacial score (nSPS) is 13.8. The molecule has 0 bridgehead atoms. The van der Waals surface area contributed by atoms with Crippen molar-refractivity contribution in [2.75, 3.05) is 0 Å². The molecule has 0 aromatic carbocycles. The van der Waals surface area contributed by atoms with Crippen molar-refractivity contribution in [2.24, 2.45) is 0 Å². The Morgan fingerprint density at radius 1 is 0.656 bits per heavy atom. The van der Waals surface area contributed by atoms with Crippen LogP contribution in [0, 0.1) is 0 Å². The highest BCUT2D eigenvalue weighted by Gasteiger charge is 2.33. The van der Waals surface area contributed by atoms with Crippen LogP contribution in [0.25, 0.3) is 0 Å². The largest absolute Gasteiger partial charge is 0.300 e. The molecule has 2 heteroatoms. The van der Waals surface area contributed by atoms with Crippen molar-refractivity contribution in [1.29, 1.82) is 0 Å². The van der Waals surface area contributed by atoms with Crippen LogP contribution in [0.5, 0.6) is 0 Å². The summed E-state index contributed by atoms with van der Waals surface area (Å²) in [5.41, 5.74) is -0.502. The Labute approximate surface area is 202 Å². The Balaban J connectivity index is 3.54. The summed E-state index contributed by atoms with van der Waals surface area (Å²) in [5.74, 6) is 0.0787. The minimum absolute atomic E-state index is 0.0250. The van der Waals surface area contributed by atoms with Crippen molar-refractivity contribution in [3.63, 3.8) is 0 Å². The van der Waals surface area contributed by atoms with Crippen LogP contribution in [0.2, 0.25) is 0 Å². The van der Waals surface area contributed by atoms with Gasteiger partial charge in [0, 0.05) is 5.54 Å². The second-order valence-electron chi connectivity index (χ2n) is 11.0. The summed E-state index contributed by atoms with van der Waals surface area (Å²) in [7, 11) is 0. The molecule has 32 heavy (non-hydrogen) atoms. The zero-order valence-electron chi connectivity index (χ0n) is 22.8. The van der Waals surface area contributed by atoms with Crippen molar-refractivity contribution < 1.29 is 4.79 Å². The van der Waals surface area contributed by atoms with E-state index >= 15 is 0 Å². The Kier molecular flexibility index (Phi) is 19.4. The third-order valence-corrected chi connectivity index (χ3v) is 7.28. The summed E-state index contributed by atoms with van der Waals surface area (Å²) in [4.78, 5) is 12.1. The molecule has 0 spiro atoms. The van der Waals surface area contributed by atoms with Crippen LogP contribution < -0.4 is 5.32 Å². The van der Waals surface area contributed by atoms with Crippen LogP contribution in [0.3, 0.4) is 0 Å². The van der Waals surface area contributed by atoms with E-state index < -0.39 is 5.54 Å². The van der Waals surface area contributed by atoms with E-state index in [4.69, 9.17) is 0 Å². The number of hydrogen-bond acceptors (Lipinski definition) is 2. The topological polar surface area (TPSA) is 29.1 Å². The van der Waals surface area contributed by atoms with Gasteiger partial charge < -0.3 is 0 Å². The smallest absolute Gasteiger partial charge is 0.174 e. The molecule has 1 atom stereocenters. The van der Waals surface area contributed by atoms with Crippen LogP contribution in [0.15, 0.2) is 12.7 Å². The molecular weight excluding hydrogens is 390 g/mol. The van der Waals surface area contributed by atoms with Gasteiger partial charge in [-0.05, 0) is 39.7 Å². The van der Waals surface area contributed by atoms with Gasteiger partial charge in [0.15, 0.2) is 5.78 Å². The maximum absolute atomic E-state index is 12.1. The molecule has 0 fully saturated rings. The van der Waals surface area contributed by atoms with Gasteiger partial charge >= 0.3 is 0 Å². The quantitative estimate of drug-likeness (QED) is 0.117. The average molecular weight is 450 g/mol. The first-order chi connectivity index (χ1) is 15.3. The van der Waals surface area contributed by atoms with Gasteiger partial charge in [-0.25, -0.2) is 0 Å². The van der Waals surface area contributed by atoms with Crippen molar-refractivity contribution in [3.05, 3.63) is 12.7 Å². The Morgan fingerprint density at radius 3 is 1.31 bits per heavy atom. The Hall–Kier alpha value is -0.630. The fourth-order valence-corrected chi connectivity index (χ4v) is 4.82. The van der Waals surface area contributed by atoms with E-state index in [9.17, 15) is 4.79 Å². The van der Waals surface area contributed by atoms with E-state index in [2.05, 4.69) is 32.7 Å². The standard InChI is InChI=1S/C30H59NO/c1-7-10-11-12-13-14-15-16-17-18-19-20-21-22-23-24-25-26-27-30(6,9-3)31-29(4,5)28(32)8-2/h8,31H,2,7,9-27H2,1,3-6H3. The lowest BCUT2D eigenvalue weighted by molar-refractivity contribution is -0.120. The number of hydrogen-bond donors (Lipinski definition) is 1. The highest BCUT2D eigenvalue weighted by atomic mass is 16.1. The summed E-state index contributed by atoms with van der Waals surface area (Å²) in [6, 6.07) is 0. The molecule has 1 unspecified atom stereocenters. The number of rotatable bonds is 24. The molecule has 0 aliphatic rings. The molecule has 0 aliphatic carbocycles. The molecule has 0 aliphatic heterocycles. The summed E-state index contributed by atoms with van der Waals surface area (Å²) < 4.78 is 0. The van der Waals surface area contributed by atoms with Crippen LogP contribution in [-0.2, 0) is 4.79 Å². The zero-order chi connectivity index (χ0) is 24.1. The maximum Gasteiger partial charge on any atom is 0.174 e. The molecule has 0 radical (unpaired) electrons. The van der Waals surface area contributed by atoms with Crippen molar-refractivity contribution in [1.82, 2.24) is 5.32 Å². The van der Waals surface area contributed by atoms with Gasteiger partial charge in [0.2, 0.25) is 0 Å². The second-order valence-corrected chi connectivity index (χ2v) is 11.0. The monoisotopic (exact) mass is 449 g/mol. The van der Waals surface area contributed by atoms with Gasteiger partial charge in [-0.1, -0.05) is 136 Å². The Morgan fingerprint density at radius 2 is 1.00 bits per heavy atom. The van der Waals surface area contributed by atoms with Crippen molar-refractivity contribution in [2.45, 2.75) is 174 Å². The predicted molar refractivity (Wildman–Crippen MR) is 145 cm³/mol. The SMILES string of the molecule is C=CC(=O)C(C)(C)NC(C)(CC)CCCCCCCCCCCCCCCCCCCC. The second kappa shape index (κ2) is 19.8. The molecule has 0 saturated heterocycles. The summed E-state index contributed by atoms with van der Waals surface area (Å²) in [5, 5.41) is 3.61. The first-order valence-corrected chi connectivity index (χ1v) is 14.3. The van der Waals surface area contributed by atoms with E-state index in [0.29, 0.717) is 0 Å². The van der Waals surface area contributed by atoms with Gasteiger partial charge in [0.25, 0.3) is 0 Å². The minimum Gasteiger partial charge on any atom is -0.300 e. The predicted octanol–water partition coefficient (Wildman–Crippen LogP) is 9.71. The third kappa shape index (κ3) is 16.9. The van der Waals surface area contributed by atoms with Crippen LogP contribution in [0.1, 0.15) is 163 Å². The molecule has 0 aromatic rings. The number of carbonyl (C=O) groups excluding carboxylic acids is 1. The Bertz CT molecular complexity index is 456. The van der Waals surface area contributed by atoms with E-state index in [1.54, 1.807) is 0 Å².